The van der Waals surface area contributed by atoms with Crippen molar-refractivity contribution in [1.82, 2.24) is 14.5 Å². The molecule has 2 heterocycles. The molecule has 1 aliphatic carbocycles. The van der Waals surface area contributed by atoms with Gasteiger partial charge in [0.2, 0.25) is 0 Å². The SMILES string of the molecule is Cc1ccc(-n2ncc(C(=O)Nc3cccc(S(=O)(=O)NC4=NCCC4)c3)c2C2CC2)cc1Cl. The highest BCUT2D eigenvalue weighted by Crippen LogP contribution is 2.42. The van der Waals surface area contributed by atoms with E-state index in [1.807, 2.05) is 25.1 Å². The van der Waals surface area contributed by atoms with Crippen LogP contribution in [0.1, 0.15) is 53.2 Å². The van der Waals surface area contributed by atoms with E-state index in [-0.39, 0.29) is 16.7 Å². The maximum Gasteiger partial charge on any atom is 0.262 e. The summed E-state index contributed by atoms with van der Waals surface area (Å²) >= 11 is 6.31. The number of nitrogens with zero attached hydrogens (tertiary/aromatic N) is 3. The van der Waals surface area contributed by atoms with E-state index >= 15 is 0 Å². The van der Waals surface area contributed by atoms with Crippen LogP contribution in [0.3, 0.4) is 0 Å². The molecule has 1 aliphatic heterocycles. The summed E-state index contributed by atoms with van der Waals surface area (Å²) in [5.74, 6) is 0.368. The molecule has 2 aromatic carbocycles. The lowest BCUT2D eigenvalue weighted by atomic mass is 10.1. The molecule has 1 fully saturated rings. The Morgan fingerprint density at radius 2 is 2.00 bits per heavy atom. The summed E-state index contributed by atoms with van der Waals surface area (Å²) in [5, 5.41) is 7.94. The van der Waals surface area contributed by atoms with Crippen molar-refractivity contribution in [3.63, 3.8) is 0 Å². The Hall–Kier alpha value is -3.17. The van der Waals surface area contributed by atoms with E-state index in [1.54, 1.807) is 23.0 Å². The lowest BCUT2D eigenvalue weighted by Crippen LogP contribution is -2.29. The number of carbonyl (C=O) groups excluding carboxylic acids is 1. The number of sulfonamides is 1. The quantitative estimate of drug-likeness (QED) is 0.525. The van der Waals surface area contributed by atoms with E-state index in [0.717, 1.165) is 36.2 Å². The third-order valence-electron chi connectivity index (χ3n) is 5.94. The topological polar surface area (TPSA) is 105 Å². The van der Waals surface area contributed by atoms with Gasteiger partial charge in [-0.15, -0.1) is 0 Å². The fourth-order valence-electron chi connectivity index (χ4n) is 3.98. The van der Waals surface area contributed by atoms with Gasteiger partial charge in [0.05, 0.1) is 28.0 Å². The van der Waals surface area contributed by atoms with Crippen LogP contribution in [0.4, 0.5) is 5.69 Å². The number of nitrogens with one attached hydrogen (secondary N) is 2. The first-order valence-corrected chi connectivity index (χ1v) is 13.0. The van der Waals surface area contributed by atoms with Crippen molar-refractivity contribution in [2.24, 2.45) is 4.99 Å². The van der Waals surface area contributed by atoms with Gasteiger partial charge in [-0.05, 0) is 62.1 Å². The second kappa shape index (κ2) is 8.88. The molecule has 2 N–H and O–H groups in total. The van der Waals surface area contributed by atoms with Crippen molar-refractivity contribution in [3.05, 3.63) is 70.5 Å². The van der Waals surface area contributed by atoms with Gasteiger partial charge in [0, 0.05) is 29.6 Å². The van der Waals surface area contributed by atoms with Crippen LogP contribution in [0.15, 0.2) is 58.5 Å². The van der Waals surface area contributed by atoms with Crippen LogP contribution in [0.25, 0.3) is 5.69 Å². The molecule has 0 saturated heterocycles. The first-order valence-electron chi connectivity index (χ1n) is 11.1. The van der Waals surface area contributed by atoms with Crippen LogP contribution in [-0.4, -0.2) is 36.5 Å². The van der Waals surface area contributed by atoms with Crippen molar-refractivity contribution >= 4 is 39.1 Å². The van der Waals surface area contributed by atoms with Crippen LogP contribution < -0.4 is 10.0 Å². The first kappa shape index (κ1) is 22.6. The summed E-state index contributed by atoms with van der Waals surface area (Å²) in [6.07, 6.45) is 4.95. The second-order valence-corrected chi connectivity index (χ2v) is 10.7. The van der Waals surface area contributed by atoms with Gasteiger partial charge < -0.3 is 5.32 Å². The van der Waals surface area contributed by atoms with E-state index in [9.17, 15) is 13.2 Å². The number of halogens is 1. The molecule has 0 radical (unpaired) electrons. The molecule has 0 unspecified atom stereocenters. The molecule has 5 rings (SSSR count). The van der Waals surface area contributed by atoms with E-state index in [4.69, 9.17) is 11.6 Å². The first-order chi connectivity index (χ1) is 16.3. The molecule has 34 heavy (non-hydrogen) atoms. The number of aliphatic imine (C=N–C) groups is 1. The molecule has 10 heteroatoms. The van der Waals surface area contributed by atoms with Gasteiger partial charge in [0.15, 0.2) is 0 Å². The summed E-state index contributed by atoms with van der Waals surface area (Å²) in [4.78, 5) is 17.4. The van der Waals surface area contributed by atoms with Gasteiger partial charge in [0.1, 0.15) is 5.84 Å². The summed E-state index contributed by atoms with van der Waals surface area (Å²) < 4.78 is 29.8. The number of hydrogen-bond donors (Lipinski definition) is 2. The molecule has 1 saturated carbocycles. The van der Waals surface area contributed by atoms with Gasteiger partial charge in [-0.3, -0.25) is 14.5 Å². The van der Waals surface area contributed by atoms with Gasteiger partial charge in [0.25, 0.3) is 15.9 Å². The molecule has 2 aliphatic rings. The van der Waals surface area contributed by atoms with Crippen LogP contribution in [-0.2, 0) is 10.0 Å². The molecule has 3 aromatic rings. The Labute approximate surface area is 203 Å². The highest BCUT2D eigenvalue weighted by Gasteiger charge is 2.33. The fraction of sp³-hybridized carbons (Fsp3) is 0.292. The number of aryl methyl sites for hydroxylation is 1. The molecule has 1 aromatic heterocycles. The number of carbonyl (C=O) groups is 1. The average molecular weight is 498 g/mol. The molecular formula is C24H24ClN5O3S. The zero-order valence-electron chi connectivity index (χ0n) is 18.6. The van der Waals surface area contributed by atoms with Crippen molar-refractivity contribution in [2.75, 3.05) is 11.9 Å². The third-order valence-corrected chi connectivity index (χ3v) is 7.73. The summed E-state index contributed by atoms with van der Waals surface area (Å²) in [6.45, 7) is 2.56. The molecule has 176 valence electrons. The second-order valence-electron chi connectivity index (χ2n) is 8.58. The van der Waals surface area contributed by atoms with Crippen molar-refractivity contribution < 1.29 is 13.2 Å². The van der Waals surface area contributed by atoms with E-state index in [2.05, 4.69) is 20.1 Å². The van der Waals surface area contributed by atoms with Crippen LogP contribution in [0, 0.1) is 6.92 Å². The fourth-order valence-corrected chi connectivity index (χ4v) is 5.29. The number of hydrogen-bond acceptors (Lipinski definition) is 5. The van der Waals surface area contributed by atoms with Crippen molar-refractivity contribution in [1.29, 1.82) is 0 Å². The summed E-state index contributed by atoms with van der Waals surface area (Å²) in [5.41, 5.74) is 3.44. The molecule has 0 spiro atoms. The minimum Gasteiger partial charge on any atom is -0.322 e. The molecule has 0 atom stereocenters. The lowest BCUT2D eigenvalue weighted by Gasteiger charge is -2.12. The molecule has 0 bridgehead atoms. The molecular weight excluding hydrogens is 474 g/mol. The number of aromatic nitrogens is 2. The Balaban J connectivity index is 1.40. The monoisotopic (exact) mass is 497 g/mol. The smallest absolute Gasteiger partial charge is 0.262 e. The summed E-state index contributed by atoms with van der Waals surface area (Å²) in [7, 11) is -3.78. The summed E-state index contributed by atoms with van der Waals surface area (Å²) in [6, 6.07) is 11.9. The van der Waals surface area contributed by atoms with Crippen LogP contribution in [0.2, 0.25) is 5.02 Å². The predicted molar refractivity (Wildman–Crippen MR) is 132 cm³/mol. The Morgan fingerprint density at radius 3 is 2.71 bits per heavy atom. The van der Waals surface area contributed by atoms with Gasteiger partial charge in [-0.2, -0.15) is 5.10 Å². The van der Waals surface area contributed by atoms with E-state index < -0.39 is 10.0 Å². The van der Waals surface area contributed by atoms with Gasteiger partial charge in [-0.25, -0.2) is 13.1 Å². The number of benzene rings is 2. The normalized spacial score (nSPS) is 15.8. The van der Waals surface area contributed by atoms with Gasteiger partial charge >= 0.3 is 0 Å². The number of amides is 1. The van der Waals surface area contributed by atoms with E-state index in [1.165, 1.54) is 12.1 Å². The highest BCUT2D eigenvalue weighted by molar-refractivity contribution is 7.90. The zero-order valence-corrected chi connectivity index (χ0v) is 20.2. The minimum absolute atomic E-state index is 0.0623. The Kier molecular flexibility index (Phi) is 5.91. The maximum atomic E-state index is 13.2. The average Bonchev–Trinajstić information content (AvgIpc) is 3.33. The number of rotatable bonds is 6. The standard InChI is InChI=1S/C24H24ClN5O3S/c1-15-7-10-18(13-21(15)25)30-23(16-8-9-16)20(14-27-30)24(31)28-17-4-2-5-19(12-17)34(32,33)29-22-6-3-11-26-22/h2,4-5,7,10,12-14,16H,3,6,8-9,11H2,1H3,(H,26,29)(H,28,31). The van der Waals surface area contributed by atoms with Crippen molar-refractivity contribution in [2.45, 2.75) is 43.4 Å². The molecule has 8 nitrogen and oxygen atoms in total. The van der Waals surface area contributed by atoms with Crippen molar-refractivity contribution in [3.8, 4) is 5.69 Å². The number of anilines is 1. The highest BCUT2D eigenvalue weighted by atomic mass is 35.5. The lowest BCUT2D eigenvalue weighted by molar-refractivity contribution is 0.102. The van der Waals surface area contributed by atoms with E-state index in [0.29, 0.717) is 35.1 Å². The minimum atomic E-state index is -3.78. The van der Waals surface area contributed by atoms with Gasteiger partial charge in [-0.1, -0.05) is 23.7 Å². The third kappa shape index (κ3) is 4.58. The predicted octanol–water partition coefficient (Wildman–Crippen LogP) is 4.43. The zero-order chi connectivity index (χ0) is 23.9. The van der Waals surface area contributed by atoms with Crippen LogP contribution in [0.5, 0.6) is 0 Å². The Bertz CT molecular complexity index is 1410. The largest absolute Gasteiger partial charge is 0.322 e. The maximum absolute atomic E-state index is 13.2. The van der Waals surface area contributed by atoms with Crippen LogP contribution >= 0.6 is 11.6 Å². The Morgan fingerprint density at radius 1 is 1.18 bits per heavy atom. The molecule has 1 amide bonds. The number of amidine groups is 1.